The fourth-order valence-corrected chi connectivity index (χ4v) is 3.23. The van der Waals surface area contributed by atoms with Gasteiger partial charge in [0.25, 0.3) is 0 Å². The molecular weight excluding hydrogens is 328 g/mol. The van der Waals surface area contributed by atoms with Gasteiger partial charge in [0.2, 0.25) is 0 Å². The molecule has 0 bridgehead atoms. The van der Waals surface area contributed by atoms with E-state index in [4.69, 9.17) is 9.47 Å². The van der Waals surface area contributed by atoms with Crippen LogP contribution < -0.4 is 9.47 Å². The van der Waals surface area contributed by atoms with Crippen LogP contribution in [-0.2, 0) is 9.59 Å². The highest BCUT2D eigenvalue weighted by atomic mass is 16.5. The molecule has 0 aromatic heterocycles. The predicted molar refractivity (Wildman–Crippen MR) is 99.4 cm³/mol. The summed E-state index contributed by atoms with van der Waals surface area (Å²) in [5.74, 6) is 0.807. The van der Waals surface area contributed by atoms with Crippen molar-refractivity contribution in [2.24, 2.45) is 5.92 Å². The first-order valence-electron chi connectivity index (χ1n) is 9.00. The van der Waals surface area contributed by atoms with Crippen molar-refractivity contribution in [3.05, 3.63) is 59.7 Å². The predicted octanol–water partition coefficient (Wildman–Crippen LogP) is 4.42. The van der Waals surface area contributed by atoms with E-state index in [1.807, 2.05) is 50.2 Å². The van der Waals surface area contributed by atoms with Crippen molar-refractivity contribution in [2.45, 2.75) is 45.1 Å². The molecule has 0 unspecified atom stereocenters. The highest BCUT2D eigenvalue weighted by molar-refractivity contribution is 5.76. The fourth-order valence-electron chi connectivity index (χ4n) is 3.23. The Morgan fingerprint density at radius 2 is 1.42 bits per heavy atom. The Morgan fingerprint density at radius 1 is 0.923 bits per heavy atom. The van der Waals surface area contributed by atoms with Crippen LogP contribution in [0.4, 0.5) is 0 Å². The highest BCUT2D eigenvalue weighted by Crippen LogP contribution is 2.35. The van der Waals surface area contributed by atoms with Crippen LogP contribution in [0.5, 0.6) is 11.5 Å². The zero-order valence-corrected chi connectivity index (χ0v) is 15.2. The van der Waals surface area contributed by atoms with Crippen molar-refractivity contribution in [1.82, 2.24) is 0 Å². The summed E-state index contributed by atoms with van der Waals surface area (Å²) in [4.78, 5) is 24.1. The van der Waals surface area contributed by atoms with Crippen LogP contribution in [0.25, 0.3) is 0 Å². The van der Waals surface area contributed by atoms with E-state index < -0.39 is 5.60 Å². The molecule has 0 atom stereocenters. The molecule has 0 heterocycles. The molecule has 2 aromatic rings. The molecule has 136 valence electrons. The molecule has 4 heteroatoms. The molecule has 0 spiro atoms. The van der Waals surface area contributed by atoms with Crippen LogP contribution in [-0.4, -0.2) is 17.9 Å². The summed E-state index contributed by atoms with van der Waals surface area (Å²) in [6.45, 7) is 3.99. The van der Waals surface area contributed by atoms with Crippen molar-refractivity contribution in [3.63, 3.8) is 0 Å². The number of ether oxygens (including phenoxy) is 2. The van der Waals surface area contributed by atoms with Crippen LogP contribution in [0.1, 0.15) is 36.8 Å². The smallest absolute Gasteiger partial charge is 0.314 e. The first-order chi connectivity index (χ1) is 12.5. The van der Waals surface area contributed by atoms with Crippen LogP contribution in [0.2, 0.25) is 0 Å². The van der Waals surface area contributed by atoms with Crippen molar-refractivity contribution in [3.8, 4) is 11.5 Å². The zero-order valence-electron chi connectivity index (χ0n) is 15.2. The summed E-state index contributed by atoms with van der Waals surface area (Å²) in [6, 6.07) is 15.1. The fraction of sp³-hybridized carbons (Fsp3) is 0.364. The largest absolute Gasteiger partial charge is 0.480 e. The average Bonchev–Trinajstić information content (AvgIpc) is 2.66. The SMILES string of the molecule is Cc1ccc(OC(=O)C2CCC(C=O)(Oc3ccc(C)cc3)CC2)cc1. The van der Waals surface area contributed by atoms with E-state index in [9.17, 15) is 9.59 Å². The topological polar surface area (TPSA) is 52.6 Å². The standard InChI is InChI=1S/C22H24O4/c1-16-3-7-19(8-4-16)25-21(24)18-11-13-22(15-23,14-12-18)26-20-9-5-17(2)6-10-20/h3-10,15,18H,11-14H2,1-2H3. The number of rotatable bonds is 5. The number of aryl methyl sites for hydroxylation is 2. The number of hydrogen-bond donors (Lipinski definition) is 0. The Labute approximate surface area is 154 Å². The second-order valence-corrected chi connectivity index (χ2v) is 7.11. The normalized spacial score (nSPS) is 22.5. The van der Waals surface area contributed by atoms with Gasteiger partial charge in [0.05, 0.1) is 5.92 Å². The molecule has 0 saturated heterocycles. The molecule has 1 aliphatic carbocycles. The third kappa shape index (κ3) is 4.31. The molecule has 0 radical (unpaired) electrons. The maximum absolute atomic E-state index is 12.4. The minimum Gasteiger partial charge on any atom is -0.480 e. The summed E-state index contributed by atoms with van der Waals surface area (Å²) < 4.78 is 11.5. The molecule has 0 amide bonds. The quantitative estimate of drug-likeness (QED) is 0.454. The second kappa shape index (κ2) is 7.73. The Hall–Kier alpha value is -2.62. The number of carbonyl (C=O) groups excluding carboxylic acids is 2. The van der Waals surface area contributed by atoms with E-state index in [0.29, 0.717) is 37.2 Å². The lowest BCUT2D eigenvalue weighted by Gasteiger charge is -2.35. The summed E-state index contributed by atoms with van der Waals surface area (Å²) >= 11 is 0. The van der Waals surface area contributed by atoms with Crippen molar-refractivity contribution >= 4 is 12.3 Å². The van der Waals surface area contributed by atoms with Crippen LogP contribution in [0.15, 0.2) is 48.5 Å². The molecule has 26 heavy (non-hydrogen) atoms. The van der Waals surface area contributed by atoms with Gasteiger partial charge in [-0.3, -0.25) is 9.59 Å². The van der Waals surface area contributed by atoms with Crippen LogP contribution >= 0.6 is 0 Å². The number of hydrogen-bond acceptors (Lipinski definition) is 4. The van der Waals surface area contributed by atoms with Crippen LogP contribution in [0, 0.1) is 19.8 Å². The monoisotopic (exact) mass is 352 g/mol. The third-order valence-corrected chi connectivity index (χ3v) is 4.96. The lowest BCUT2D eigenvalue weighted by molar-refractivity contribution is -0.143. The van der Waals surface area contributed by atoms with Gasteiger partial charge >= 0.3 is 5.97 Å². The van der Waals surface area contributed by atoms with Crippen molar-refractivity contribution in [2.75, 3.05) is 0 Å². The van der Waals surface area contributed by atoms with E-state index >= 15 is 0 Å². The first-order valence-corrected chi connectivity index (χ1v) is 9.00. The molecule has 1 aliphatic rings. The molecule has 0 N–H and O–H groups in total. The van der Waals surface area contributed by atoms with E-state index in [2.05, 4.69) is 0 Å². The minimum absolute atomic E-state index is 0.203. The van der Waals surface area contributed by atoms with Gasteiger partial charge in [-0.05, 0) is 63.8 Å². The van der Waals surface area contributed by atoms with Gasteiger partial charge in [-0.2, -0.15) is 0 Å². The molecular formula is C22H24O4. The Morgan fingerprint density at radius 3 is 1.92 bits per heavy atom. The highest BCUT2D eigenvalue weighted by Gasteiger charge is 2.40. The lowest BCUT2D eigenvalue weighted by Crippen LogP contribution is -2.43. The van der Waals surface area contributed by atoms with E-state index in [0.717, 1.165) is 17.4 Å². The van der Waals surface area contributed by atoms with Crippen molar-refractivity contribution in [1.29, 1.82) is 0 Å². The molecule has 1 fully saturated rings. The summed E-state index contributed by atoms with van der Waals surface area (Å²) in [7, 11) is 0. The third-order valence-electron chi connectivity index (χ3n) is 4.96. The van der Waals surface area contributed by atoms with Gasteiger partial charge in [0.1, 0.15) is 11.5 Å². The van der Waals surface area contributed by atoms with Gasteiger partial charge in [-0.25, -0.2) is 0 Å². The Kier molecular flexibility index (Phi) is 5.40. The lowest BCUT2D eigenvalue weighted by atomic mass is 9.79. The summed E-state index contributed by atoms with van der Waals surface area (Å²) in [5.41, 5.74) is 1.40. The summed E-state index contributed by atoms with van der Waals surface area (Å²) in [6.07, 6.45) is 3.06. The number of esters is 1. The van der Waals surface area contributed by atoms with Gasteiger partial charge in [-0.1, -0.05) is 35.4 Å². The molecule has 2 aromatic carbocycles. The molecule has 3 rings (SSSR count). The second-order valence-electron chi connectivity index (χ2n) is 7.11. The Balaban J connectivity index is 1.59. The zero-order chi connectivity index (χ0) is 18.6. The Bertz CT molecular complexity index is 754. The van der Waals surface area contributed by atoms with Gasteiger partial charge in [0.15, 0.2) is 11.9 Å². The van der Waals surface area contributed by atoms with Crippen LogP contribution in [0.3, 0.4) is 0 Å². The maximum atomic E-state index is 12.4. The van der Waals surface area contributed by atoms with E-state index in [1.54, 1.807) is 12.1 Å². The number of benzene rings is 2. The van der Waals surface area contributed by atoms with Gasteiger partial charge in [-0.15, -0.1) is 0 Å². The first kappa shape index (κ1) is 18.2. The molecule has 1 saturated carbocycles. The number of carbonyl (C=O) groups is 2. The van der Waals surface area contributed by atoms with Crippen molar-refractivity contribution < 1.29 is 19.1 Å². The summed E-state index contributed by atoms with van der Waals surface area (Å²) in [5, 5.41) is 0. The average molecular weight is 352 g/mol. The maximum Gasteiger partial charge on any atom is 0.314 e. The van der Waals surface area contributed by atoms with Gasteiger partial charge < -0.3 is 9.47 Å². The minimum atomic E-state index is -0.851. The molecule has 4 nitrogen and oxygen atoms in total. The molecule has 0 aliphatic heterocycles. The van der Waals surface area contributed by atoms with E-state index in [-0.39, 0.29) is 11.9 Å². The number of aldehydes is 1. The van der Waals surface area contributed by atoms with Gasteiger partial charge in [0, 0.05) is 0 Å². The van der Waals surface area contributed by atoms with E-state index in [1.165, 1.54) is 0 Å².